The summed E-state index contributed by atoms with van der Waals surface area (Å²) in [6.45, 7) is 0. The number of nitrogens with zero attached hydrogens (tertiary/aromatic N) is 2. The molecule has 104 valence electrons. The minimum absolute atomic E-state index is 0.0278. The molecule has 1 aliphatic rings. The van der Waals surface area contributed by atoms with Crippen molar-refractivity contribution in [2.24, 2.45) is 5.18 Å². The number of aliphatic hydroxyl groups excluding tert-OH is 1. The fourth-order valence-corrected chi connectivity index (χ4v) is 2.60. The summed E-state index contributed by atoms with van der Waals surface area (Å²) < 4.78 is 5.89. The molecule has 0 saturated heterocycles. The summed E-state index contributed by atoms with van der Waals surface area (Å²) >= 11 is 0. The fraction of sp³-hybridized carbons (Fsp3) is 0.400. The van der Waals surface area contributed by atoms with Crippen molar-refractivity contribution in [3.05, 3.63) is 35.4 Å². The van der Waals surface area contributed by atoms with E-state index in [9.17, 15) is 10.0 Å². The quantitative estimate of drug-likeness (QED) is 0.870. The van der Waals surface area contributed by atoms with E-state index in [0.29, 0.717) is 11.4 Å². The third-order valence-corrected chi connectivity index (χ3v) is 3.72. The molecule has 1 aromatic carbocycles. The minimum atomic E-state index is -0.225. The highest BCUT2D eigenvalue weighted by Gasteiger charge is 2.22. The van der Waals surface area contributed by atoms with Gasteiger partial charge in [-0.25, -0.2) is 0 Å². The zero-order chi connectivity index (χ0) is 13.9. The Kier molecular flexibility index (Phi) is 3.60. The lowest BCUT2D eigenvalue weighted by molar-refractivity contribution is 0.0669. The Bertz CT molecular complexity index is 622. The van der Waals surface area contributed by atoms with Gasteiger partial charge in [0.2, 0.25) is 0 Å². The largest absolute Gasteiger partial charge is 0.488 e. The summed E-state index contributed by atoms with van der Waals surface area (Å²) in [5.41, 5.74) is 1.09. The number of pyridine rings is 1. The molecule has 1 saturated carbocycles. The van der Waals surface area contributed by atoms with E-state index in [1.165, 1.54) is 0 Å². The van der Waals surface area contributed by atoms with Gasteiger partial charge >= 0.3 is 0 Å². The second-order valence-electron chi connectivity index (χ2n) is 5.16. The van der Waals surface area contributed by atoms with Crippen molar-refractivity contribution >= 4 is 16.6 Å². The number of fused-ring (bicyclic) bond motifs is 1. The highest BCUT2D eigenvalue weighted by Crippen LogP contribution is 2.34. The van der Waals surface area contributed by atoms with E-state index in [1.54, 1.807) is 18.3 Å². The highest BCUT2D eigenvalue weighted by atomic mass is 16.5. The van der Waals surface area contributed by atoms with Crippen LogP contribution in [0.4, 0.5) is 5.69 Å². The van der Waals surface area contributed by atoms with Gasteiger partial charge in [0.1, 0.15) is 0 Å². The molecule has 0 unspecified atom stereocenters. The number of rotatable bonds is 3. The van der Waals surface area contributed by atoms with E-state index in [0.717, 1.165) is 36.6 Å². The summed E-state index contributed by atoms with van der Waals surface area (Å²) in [4.78, 5) is 15.2. The number of benzene rings is 1. The monoisotopic (exact) mass is 272 g/mol. The van der Waals surface area contributed by atoms with Gasteiger partial charge in [0.25, 0.3) is 0 Å². The first-order chi connectivity index (χ1) is 9.76. The average Bonchev–Trinajstić information content (AvgIpc) is 2.49. The molecule has 1 fully saturated rings. The highest BCUT2D eigenvalue weighted by molar-refractivity contribution is 5.84. The lowest BCUT2D eigenvalue weighted by Crippen LogP contribution is -2.26. The number of ether oxygens (including phenoxy) is 1. The standard InChI is InChI=1S/C15H16N2O3/c18-11-3-5-12(6-4-11)20-15-9-13-10(2-1-7-16-13)8-14(15)17-19/h1-2,7-9,11-12,18H,3-6H2. The summed E-state index contributed by atoms with van der Waals surface area (Å²) in [5, 5.41) is 13.4. The van der Waals surface area contributed by atoms with E-state index in [4.69, 9.17) is 4.74 Å². The molecule has 1 N–H and O–H groups in total. The number of hydrogen-bond acceptors (Lipinski definition) is 5. The van der Waals surface area contributed by atoms with Crippen LogP contribution in [0.3, 0.4) is 0 Å². The molecule has 0 aliphatic heterocycles. The number of aliphatic hydroxyl groups is 1. The fourth-order valence-electron chi connectivity index (χ4n) is 2.60. The van der Waals surface area contributed by atoms with Crippen LogP contribution in [0.5, 0.6) is 5.75 Å². The lowest BCUT2D eigenvalue weighted by atomic mass is 9.95. The van der Waals surface area contributed by atoms with Crippen LogP contribution in [0.25, 0.3) is 10.9 Å². The maximum absolute atomic E-state index is 11.0. The predicted octanol–water partition coefficient (Wildman–Crippen LogP) is 3.32. The van der Waals surface area contributed by atoms with Gasteiger partial charge in [-0.3, -0.25) is 4.98 Å². The van der Waals surface area contributed by atoms with E-state index < -0.39 is 0 Å². The Hall–Kier alpha value is -2.01. The molecule has 0 bridgehead atoms. The maximum Gasteiger partial charge on any atom is 0.151 e. The van der Waals surface area contributed by atoms with Gasteiger partial charge in [-0.1, -0.05) is 6.07 Å². The molecule has 1 aliphatic carbocycles. The van der Waals surface area contributed by atoms with Gasteiger partial charge in [-0.05, 0) is 43.0 Å². The second-order valence-corrected chi connectivity index (χ2v) is 5.16. The van der Waals surface area contributed by atoms with Crippen LogP contribution in [0.15, 0.2) is 35.6 Å². The normalized spacial score (nSPS) is 22.6. The predicted molar refractivity (Wildman–Crippen MR) is 76.1 cm³/mol. The minimum Gasteiger partial charge on any atom is -0.488 e. The van der Waals surface area contributed by atoms with E-state index in [2.05, 4.69) is 10.2 Å². The summed E-state index contributed by atoms with van der Waals surface area (Å²) in [6.07, 6.45) is 4.56. The third-order valence-electron chi connectivity index (χ3n) is 3.72. The van der Waals surface area contributed by atoms with Crippen molar-refractivity contribution < 1.29 is 9.84 Å². The van der Waals surface area contributed by atoms with Crippen LogP contribution in [-0.2, 0) is 0 Å². The SMILES string of the molecule is O=Nc1cc2cccnc2cc1OC1CCC(O)CC1. The van der Waals surface area contributed by atoms with Gasteiger partial charge in [-0.2, -0.15) is 0 Å². The van der Waals surface area contributed by atoms with Gasteiger partial charge < -0.3 is 9.84 Å². The Balaban J connectivity index is 1.88. The topological polar surface area (TPSA) is 71.8 Å². The first kappa shape index (κ1) is 13.0. The second kappa shape index (κ2) is 5.54. The molecule has 3 rings (SSSR count). The molecular formula is C15H16N2O3. The summed E-state index contributed by atoms with van der Waals surface area (Å²) in [5.74, 6) is 0.479. The Morgan fingerprint density at radius 3 is 2.80 bits per heavy atom. The lowest BCUT2D eigenvalue weighted by Gasteiger charge is -2.26. The van der Waals surface area contributed by atoms with Crippen molar-refractivity contribution in [1.29, 1.82) is 0 Å². The Morgan fingerprint density at radius 1 is 1.25 bits per heavy atom. The molecule has 20 heavy (non-hydrogen) atoms. The van der Waals surface area contributed by atoms with Crippen LogP contribution < -0.4 is 4.74 Å². The summed E-state index contributed by atoms with van der Waals surface area (Å²) in [7, 11) is 0. The van der Waals surface area contributed by atoms with Crippen molar-refractivity contribution in [2.75, 3.05) is 0 Å². The van der Waals surface area contributed by atoms with Crippen LogP contribution >= 0.6 is 0 Å². The molecule has 0 amide bonds. The molecule has 0 radical (unpaired) electrons. The molecule has 0 atom stereocenters. The Labute approximate surface area is 116 Å². The number of nitroso groups, excluding NO2 is 1. The number of aromatic nitrogens is 1. The Morgan fingerprint density at radius 2 is 2.05 bits per heavy atom. The van der Waals surface area contributed by atoms with Crippen molar-refractivity contribution in [1.82, 2.24) is 4.98 Å². The smallest absolute Gasteiger partial charge is 0.151 e. The molecule has 0 spiro atoms. The van der Waals surface area contributed by atoms with Gasteiger partial charge in [0, 0.05) is 17.6 Å². The zero-order valence-electron chi connectivity index (χ0n) is 11.0. The van der Waals surface area contributed by atoms with Crippen molar-refractivity contribution in [2.45, 2.75) is 37.9 Å². The van der Waals surface area contributed by atoms with Gasteiger partial charge in [0.15, 0.2) is 11.4 Å². The van der Waals surface area contributed by atoms with E-state index in [1.807, 2.05) is 12.1 Å². The molecule has 5 nitrogen and oxygen atoms in total. The van der Waals surface area contributed by atoms with Gasteiger partial charge in [0.05, 0.1) is 17.7 Å². The molecular weight excluding hydrogens is 256 g/mol. The maximum atomic E-state index is 11.0. The third kappa shape index (κ3) is 2.63. The zero-order valence-corrected chi connectivity index (χ0v) is 11.0. The van der Waals surface area contributed by atoms with E-state index in [-0.39, 0.29) is 12.2 Å². The average molecular weight is 272 g/mol. The van der Waals surface area contributed by atoms with Crippen LogP contribution in [0, 0.1) is 4.91 Å². The molecule has 5 heteroatoms. The van der Waals surface area contributed by atoms with E-state index >= 15 is 0 Å². The number of hydrogen-bond donors (Lipinski definition) is 1. The van der Waals surface area contributed by atoms with Crippen molar-refractivity contribution in [3.8, 4) is 5.75 Å². The molecule has 1 aromatic heterocycles. The first-order valence-electron chi connectivity index (χ1n) is 6.83. The van der Waals surface area contributed by atoms with Crippen LogP contribution in [-0.4, -0.2) is 22.3 Å². The molecule has 2 aromatic rings. The summed E-state index contributed by atoms with van der Waals surface area (Å²) in [6, 6.07) is 7.16. The molecule has 1 heterocycles. The van der Waals surface area contributed by atoms with Crippen LogP contribution in [0.1, 0.15) is 25.7 Å². The van der Waals surface area contributed by atoms with Gasteiger partial charge in [-0.15, -0.1) is 4.91 Å². The van der Waals surface area contributed by atoms with Crippen LogP contribution in [0.2, 0.25) is 0 Å². The first-order valence-corrected chi connectivity index (χ1v) is 6.83. The van der Waals surface area contributed by atoms with Crippen molar-refractivity contribution in [3.63, 3.8) is 0 Å².